The highest BCUT2D eigenvalue weighted by molar-refractivity contribution is 7.99. The van der Waals surface area contributed by atoms with Gasteiger partial charge in [0.2, 0.25) is 0 Å². The van der Waals surface area contributed by atoms with E-state index in [0.717, 1.165) is 26.5 Å². The second-order valence-corrected chi connectivity index (χ2v) is 7.85. The van der Waals surface area contributed by atoms with E-state index in [9.17, 15) is 0 Å². The van der Waals surface area contributed by atoms with Gasteiger partial charge in [0.25, 0.3) is 0 Å². The van der Waals surface area contributed by atoms with Crippen LogP contribution in [0, 0.1) is 0 Å². The molecule has 1 aliphatic rings. The smallest absolute Gasteiger partial charge is 0.170 e. The lowest BCUT2D eigenvalue weighted by Crippen LogP contribution is -2.24. The zero-order valence-corrected chi connectivity index (χ0v) is 16.3. The Hall–Kier alpha value is -2.02. The van der Waals surface area contributed by atoms with Gasteiger partial charge in [0.05, 0.1) is 11.7 Å². The molecule has 132 valence electrons. The van der Waals surface area contributed by atoms with Crippen LogP contribution in [0.25, 0.3) is 0 Å². The van der Waals surface area contributed by atoms with Crippen LogP contribution in [0.15, 0.2) is 75.2 Å². The Morgan fingerprint density at radius 1 is 1.15 bits per heavy atom. The molecule has 1 aliphatic heterocycles. The van der Waals surface area contributed by atoms with Gasteiger partial charge in [-0.3, -0.25) is 4.98 Å². The van der Waals surface area contributed by atoms with Crippen LogP contribution in [0.2, 0.25) is 5.02 Å². The standard InChI is InChI=1S/C19H16ClN3OS2/c1-23-18(17(22-19(23)25)14-4-2-3-11-21-14)15-9-10-16(24-15)26-13-7-5-12(20)6-8-13/h2-11,17-18H,1H3,(H,22,25)/t17-,18-/m1/s1. The zero-order valence-electron chi connectivity index (χ0n) is 13.9. The highest BCUT2D eigenvalue weighted by atomic mass is 35.5. The molecule has 3 aromatic rings. The van der Waals surface area contributed by atoms with Crippen LogP contribution in [-0.2, 0) is 0 Å². The third kappa shape index (κ3) is 3.45. The van der Waals surface area contributed by atoms with Gasteiger partial charge in [0, 0.05) is 23.2 Å². The van der Waals surface area contributed by atoms with Crippen molar-refractivity contribution in [2.24, 2.45) is 0 Å². The van der Waals surface area contributed by atoms with E-state index in [0.29, 0.717) is 5.11 Å². The normalized spacial score (nSPS) is 19.6. The summed E-state index contributed by atoms with van der Waals surface area (Å²) in [6.07, 6.45) is 1.79. The van der Waals surface area contributed by atoms with Crippen LogP contribution >= 0.6 is 35.6 Å². The maximum atomic E-state index is 6.13. The first-order chi connectivity index (χ1) is 12.6. The van der Waals surface area contributed by atoms with Crippen LogP contribution in [0.1, 0.15) is 23.5 Å². The van der Waals surface area contributed by atoms with Crippen molar-refractivity contribution in [3.8, 4) is 0 Å². The maximum absolute atomic E-state index is 6.13. The molecule has 4 rings (SSSR count). The summed E-state index contributed by atoms with van der Waals surface area (Å²) in [4.78, 5) is 7.57. The molecule has 0 saturated carbocycles. The number of likely N-dealkylation sites (N-methyl/N-ethyl adjacent to an activating group) is 1. The number of nitrogens with zero attached hydrogens (tertiary/aromatic N) is 2. The molecule has 0 unspecified atom stereocenters. The molecule has 1 saturated heterocycles. The number of nitrogens with one attached hydrogen (secondary N) is 1. The van der Waals surface area contributed by atoms with E-state index < -0.39 is 0 Å². The molecule has 2 aromatic heterocycles. The first kappa shape index (κ1) is 17.4. The average Bonchev–Trinajstić information content (AvgIpc) is 3.22. The van der Waals surface area contributed by atoms with Crippen molar-refractivity contribution < 1.29 is 4.42 Å². The van der Waals surface area contributed by atoms with Crippen molar-refractivity contribution in [1.29, 1.82) is 0 Å². The van der Waals surface area contributed by atoms with Gasteiger partial charge < -0.3 is 14.6 Å². The SMILES string of the molecule is CN1C(=S)N[C@H](c2ccccn2)[C@H]1c1ccc(Sc2ccc(Cl)cc2)o1. The Bertz CT molecular complexity index is 914. The summed E-state index contributed by atoms with van der Waals surface area (Å²) in [5, 5.41) is 5.59. The Morgan fingerprint density at radius 2 is 1.96 bits per heavy atom. The van der Waals surface area contributed by atoms with Crippen molar-refractivity contribution >= 4 is 40.7 Å². The van der Waals surface area contributed by atoms with Gasteiger partial charge in [-0.05, 0) is 60.7 Å². The summed E-state index contributed by atoms with van der Waals surface area (Å²) in [5.41, 5.74) is 0.938. The molecule has 0 spiro atoms. The molecule has 7 heteroatoms. The van der Waals surface area contributed by atoms with Gasteiger partial charge in [-0.25, -0.2) is 0 Å². The third-order valence-corrected chi connectivity index (χ3v) is 5.85. The fourth-order valence-electron chi connectivity index (χ4n) is 2.98. The van der Waals surface area contributed by atoms with Crippen LogP contribution in [0.4, 0.5) is 0 Å². The number of hydrogen-bond donors (Lipinski definition) is 1. The van der Waals surface area contributed by atoms with Gasteiger partial charge in [0.15, 0.2) is 10.2 Å². The second kappa shape index (κ2) is 7.31. The summed E-state index contributed by atoms with van der Waals surface area (Å²) >= 11 is 13.0. The molecule has 0 bridgehead atoms. The summed E-state index contributed by atoms with van der Waals surface area (Å²) < 4.78 is 6.13. The Labute approximate surface area is 166 Å². The number of thiocarbonyl (C=S) groups is 1. The first-order valence-corrected chi connectivity index (χ1v) is 9.69. The van der Waals surface area contributed by atoms with Crippen molar-refractivity contribution in [3.63, 3.8) is 0 Å². The van der Waals surface area contributed by atoms with E-state index in [2.05, 4.69) is 10.3 Å². The zero-order chi connectivity index (χ0) is 18.1. The van der Waals surface area contributed by atoms with Crippen molar-refractivity contribution in [2.75, 3.05) is 7.05 Å². The molecule has 1 aromatic carbocycles. The number of rotatable bonds is 4. The van der Waals surface area contributed by atoms with Crippen LogP contribution in [-0.4, -0.2) is 22.0 Å². The molecule has 26 heavy (non-hydrogen) atoms. The quantitative estimate of drug-likeness (QED) is 0.615. The number of halogens is 1. The van der Waals surface area contributed by atoms with Gasteiger partial charge in [-0.1, -0.05) is 29.4 Å². The predicted octanol–water partition coefficient (Wildman–Crippen LogP) is 5.08. The average molecular weight is 402 g/mol. The first-order valence-electron chi connectivity index (χ1n) is 8.09. The summed E-state index contributed by atoms with van der Waals surface area (Å²) in [6, 6.07) is 17.5. The molecule has 1 N–H and O–H groups in total. The Balaban J connectivity index is 1.60. The third-order valence-electron chi connectivity index (χ3n) is 4.26. The van der Waals surface area contributed by atoms with E-state index in [-0.39, 0.29) is 12.1 Å². The minimum Gasteiger partial charge on any atom is -0.452 e. The van der Waals surface area contributed by atoms with Gasteiger partial charge in [0.1, 0.15) is 11.8 Å². The van der Waals surface area contributed by atoms with Crippen LogP contribution < -0.4 is 5.32 Å². The highest BCUT2D eigenvalue weighted by Crippen LogP contribution is 2.40. The minimum atomic E-state index is -0.0479. The molecule has 1 fully saturated rings. The largest absolute Gasteiger partial charge is 0.452 e. The lowest BCUT2D eigenvalue weighted by atomic mass is 10.0. The number of benzene rings is 1. The van der Waals surface area contributed by atoms with Crippen LogP contribution in [0.5, 0.6) is 0 Å². The summed E-state index contributed by atoms with van der Waals surface area (Å²) in [5.74, 6) is 0.854. The molecular weight excluding hydrogens is 386 g/mol. The lowest BCUT2D eigenvalue weighted by Gasteiger charge is -2.21. The van der Waals surface area contributed by atoms with Gasteiger partial charge in [-0.15, -0.1) is 0 Å². The molecular formula is C19H16ClN3OS2. The fraction of sp³-hybridized carbons (Fsp3) is 0.158. The number of aromatic nitrogens is 1. The van der Waals surface area contributed by atoms with Crippen LogP contribution in [0.3, 0.4) is 0 Å². The predicted molar refractivity (Wildman–Crippen MR) is 107 cm³/mol. The van der Waals surface area contributed by atoms with Crippen molar-refractivity contribution in [2.45, 2.75) is 22.1 Å². The van der Waals surface area contributed by atoms with Gasteiger partial charge in [-0.2, -0.15) is 0 Å². The second-order valence-electron chi connectivity index (χ2n) is 5.95. The van der Waals surface area contributed by atoms with Crippen molar-refractivity contribution in [1.82, 2.24) is 15.2 Å². The topological polar surface area (TPSA) is 41.3 Å². The monoisotopic (exact) mass is 401 g/mol. The lowest BCUT2D eigenvalue weighted by molar-refractivity contribution is 0.289. The van der Waals surface area contributed by atoms with E-state index >= 15 is 0 Å². The number of furan rings is 1. The summed E-state index contributed by atoms with van der Waals surface area (Å²) in [6.45, 7) is 0. The molecule has 3 heterocycles. The molecule has 0 radical (unpaired) electrons. The Morgan fingerprint density at radius 3 is 2.69 bits per heavy atom. The fourth-order valence-corrected chi connectivity index (χ4v) is 4.13. The molecule has 0 aliphatic carbocycles. The van der Waals surface area contributed by atoms with E-state index in [1.807, 2.05) is 66.5 Å². The number of pyridine rings is 1. The Kier molecular flexibility index (Phi) is 4.89. The number of hydrogen-bond acceptors (Lipinski definition) is 4. The van der Waals surface area contributed by atoms with E-state index in [1.54, 1.807) is 18.0 Å². The summed E-state index contributed by atoms with van der Waals surface area (Å²) in [7, 11) is 1.97. The highest BCUT2D eigenvalue weighted by Gasteiger charge is 2.39. The molecule has 0 amide bonds. The van der Waals surface area contributed by atoms with E-state index in [1.165, 1.54) is 0 Å². The minimum absolute atomic E-state index is 0.0445. The van der Waals surface area contributed by atoms with Gasteiger partial charge >= 0.3 is 0 Å². The maximum Gasteiger partial charge on any atom is 0.170 e. The van der Waals surface area contributed by atoms with E-state index in [4.69, 9.17) is 28.2 Å². The molecule has 2 atom stereocenters. The van der Waals surface area contributed by atoms with Crippen molar-refractivity contribution in [3.05, 3.63) is 77.3 Å². The molecule has 4 nitrogen and oxygen atoms in total.